The van der Waals surface area contributed by atoms with Gasteiger partial charge < -0.3 is 4.52 Å². The highest BCUT2D eigenvalue weighted by Gasteiger charge is 2.22. The fraction of sp³-hybridized carbons (Fsp3) is 0.500. The van der Waals surface area contributed by atoms with E-state index in [2.05, 4.69) is 45.8 Å². The fourth-order valence-electron chi connectivity index (χ4n) is 2.03. The summed E-state index contributed by atoms with van der Waals surface area (Å²) < 4.78 is 5.40. The van der Waals surface area contributed by atoms with Gasteiger partial charge in [0.15, 0.2) is 5.58 Å². The summed E-state index contributed by atoms with van der Waals surface area (Å²) in [6.07, 6.45) is 0. The average molecular weight is 217 g/mol. The van der Waals surface area contributed by atoms with E-state index in [0.29, 0.717) is 5.92 Å². The van der Waals surface area contributed by atoms with Gasteiger partial charge >= 0.3 is 0 Å². The van der Waals surface area contributed by atoms with Crippen LogP contribution in [0.1, 0.15) is 51.8 Å². The predicted molar refractivity (Wildman–Crippen MR) is 66.8 cm³/mol. The Morgan fingerprint density at radius 1 is 1.19 bits per heavy atom. The van der Waals surface area contributed by atoms with Crippen LogP contribution in [0.15, 0.2) is 22.7 Å². The van der Waals surface area contributed by atoms with Gasteiger partial charge in [0.2, 0.25) is 0 Å². The number of rotatable bonds is 1. The van der Waals surface area contributed by atoms with Crippen molar-refractivity contribution in [3.05, 3.63) is 29.5 Å². The molecular weight excluding hydrogens is 198 g/mol. The van der Waals surface area contributed by atoms with Gasteiger partial charge in [-0.3, -0.25) is 0 Å². The summed E-state index contributed by atoms with van der Waals surface area (Å²) >= 11 is 0. The summed E-state index contributed by atoms with van der Waals surface area (Å²) in [5.41, 5.74) is 3.40. The molecule has 0 saturated carbocycles. The molecule has 2 heteroatoms. The standard InChI is InChI=1S/C14H19NO/c1-9(2)13-12-10(14(3,4)5)7-6-8-11(12)16-15-13/h6-9H,1-5H3. The van der Waals surface area contributed by atoms with Crippen LogP contribution >= 0.6 is 0 Å². The third-order valence-electron chi connectivity index (χ3n) is 2.88. The first-order valence-corrected chi connectivity index (χ1v) is 5.80. The Morgan fingerprint density at radius 2 is 1.88 bits per heavy atom. The lowest BCUT2D eigenvalue weighted by molar-refractivity contribution is 0.441. The molecule has 16 heavy (non-hydrogen) atoms. The summed E-state index contributed by atoms with van der Waals surface area (Å²) in [4.78, 5) is 0. The molecule has 2 aromatic rings. The lowest BCUT2D eigenvalue weighted by atomic mass is 9.83. The van der Waals surface area contributed by atoms with E-state index in [9.17, 15) is 0 Å². The largest absolute Gasteiger partial charge is 0.356 e. The molecule has 0 N–H and O–H groups in total. The number of aromatic nitrogens is 1. The van der Waals surface area contributed by atoms with E-state index in [0.717, 1.165) is 11.3 Å². The summed E-state index contributed by atoms with van der Waals surface area (Å²) in [7, 11) is 0. The minimum atomic E-state index is 0.120. The molecule has 1 aromatic heterocycles. The van der Waals surface area contributed by atoms with Crippen molar-refractivity contribution in [2.24, 2.45) is 0 Å². The molecule has 2 rings (SSSR count). The molecule has 0 saturated heterocycles. The maximum absolute atomic E-state index is 5.40. The number of hydrogen-bond acceptors (Lipinski definition) is 2. The minimum absolute atomic E-state index is 0.120. The molecule has 0 aliphatic heterocycles. The first kappa shape index (κ1) is 11.2. The normalized spacial score (nSPS) is 12.6. The fourth-order valence-corrected chi connectivity index (χ4v) is 2.03. The van der Waals surface area contributed by atoms with Gasteiger partial charge in [0, 0.05) is 5.39 Å². The molecule has 0 aliphatic rings. The van der Waals surface area contributed by atoms with Gasteiger partial charge in [-0.2, -0.15) is 0 Å². The lowest BCUT2D eigenvalue weighted by Gasteiger charge is -2.20. The third kappa shape index (κ3) is 1.73. The number of benzene rings is 1. The topological polar surface area (TPSA) is 26.0 Å². The Morgan fingerprint density at radius 3 is 2.44 bits per heavy atom. The first-order valence-electron chi connectivity index (χ1n) is 5.80. The Kier molecular flexibility index (Phi) is 2.53. The minimum Gasteiger partial charge on any atom is -0.356 e. The Hall–Kier alpha value is -1.31. The quantitative estimate of drug-likeness (QED) is 0.713. The van der Waals surface area contributed by atoms with Gasteiger partial charge in [0.1, 0.15) is 0 Å². The van der Waals surface area contributed by atoms with E-state index in [4.69, 9.17) is 4.52 Å². The van der Waals surface area contributed by atoms with Crippen molar-refractivity contribution in [1.29, 1.82) is 0 Å². The van der Waals surface area contributed by atoms with E-state index >= 15 is 0 Å². The second-order valence-corrected chi connectivity index (χ2v) is 5.65. The van der Waals surface area contributed by atoms with Crippen LogP contribution in [0.25, 0.3) is 11.0 Å². The maximum atomic E-state index is 5.40. The zero-order valence-corrected chi connectivity index (χ0v) is 10.7. The van der Waals surface area contributed by atoms with Gasteiger partial charge in [0.05, 0.1) is 5.69 Å². The highest BCUT2D eigenvalue weighted by atomic mass is 16.5. The van der Waals surface area contributed by atoms with Crippen molar-refractivity contribution < 1.29 is 4.52 Å². The van der Waals surface area contributed by atoms with E-state index < -0.39 is 0 Å². The van der Waals surface area contributed by atoms with Crippen LogP contribution in [-0.4, -0.2) is 5.16 Å². The smallest absolute Gasteiger partial charge is 0.167 e. The molecule has 2 nitrogen and oxygen atoms in total. The van der Waals surface area contributed by atoms with Crippen molar-refractivity contribution in [2.75, 3.05) is 0 Å². The monoisotopic (exact) mass is 217 g/mol. The van der Waals surface area contributed by atoms with Crippen molar-refractivity contribution in [3.8, 4) is 0 Å². The maximum Gasteiger partial charge on any atom is 0.167 e. The SMILES string of the molecule is CC(C)c1noc2cccc(C(C)(C)C)c12. The summed E-state index contributed by atoms with van der Waals surface area (Å²) in [6, 6.07) is 6.20. The highest BCUT2D eigenvalue weighted by Crippen LogP contribution is 2.34. The van der Waals surface area contributed by atoms with Crippen molar-refractivity contribution >= 4 is 11.0 Å². The second-order valence-electron chi connectivity index (χ2n) is 5.65. The molecule has 0 aliphatic carbocycles. The number of hydrogen-bond donors (Lipinski definition) is 0. The van der Waals surface area contributed by atoms with Crippen LogP contribution in [0.2, 0.25) is 0 Å². The molecule has 0 radical (unpaired) electrons. The number of fused-ring (bicyclic) bond motifs is 1. The van der Waals surface area contributed by atoms with Crippen LogP contribution in [0.5, 0.6) is 0 Å². The van der Waals surface area contributed by atoms with Crippen LogP contribution in [0.4, 0.5) is 0 Å². The van der Waals surface area contributed by atoms with Gasteiger partial charge in [-0.25, -0.2) is 0 Å². The van der Waals surface area contributed by atoms with Crippen molar-refractivity contribution in [2.45, 2.75) is 46.0 Å². The molecule has 86 valence electrons. The molecule has 1 aromatic carbocycles. The lowest BCUT2D eigenvalue weighted by Crippen LogP contribution is -2.12. The molecule has 1 heterocycles. The summed E-state index contributed by atoms with van der Waals surface area (Å²) in [5, 5.41) is 5.39. The molecule has 0 atom stereocenters. The van der Waals surface area contributed by atoms with Crippen molar-refractivity contribution in [1.82, 2.24) is 5.16 Å². The van der Waals surface area contributed by atoms with Crippen LogP contribution in [0.3, 0.4) is 0 Å². The molecular formula is C14H19NO. The Labute approximate surface area is 96.6 Å². The van der Waals surface area contributed by atoms with E-state index in [1.807, 2.05) is 12.1 Å². The van der Waals surface area contributed by atoms with E-state index in [1.165, 1.54) is 10.9 Å². The zero-order valence-electron chi connectivity index (χ0n) is 10.7. The molecule has 0 bridgehead atoms. The molecule has 0 spiro atoms. The predicted octanol–water partition coefficient (Wildman–Crippen LogP) is 4.25. The zero-order chi connectivity index (χ0) is 11.9. The number of nitrogens with zero attached hydrogens (tertiary/aromatic N) is 1. The molecule has 0 fully saturated rings. The van der Waals surface area contributed by atoms with E-state index in [1.54, 1.807) is 0 Å². The van der Waals surface area contributed by atoms with Gasteiger partial charge in [-0.15, -0.1) is 0 Å². The van der Waals surface area contributed by atoms with Gasteiger partial charge in [-0.1, -0.05) is 51.9 Å². The Balaban J connectivity index is 2.79. The van der Waals surface area contributed by atoms with Gasteiger partial charge in [-0.05, 0) is 23.0 Å². The van der Waals surface area contributed by atoms with Crippen LogP contribution in [0, 0.1) is 0 Å². The first-order chi connectivity index (χ1) is 7.41. The van der Waals surface area contributed by atoms with Crippen LogP contribution in [-0.2, 0) is 5.41 Å². The molecule has 0 amide bonds. The Bertz CT molecular complexity index is 503. The second kappa shape index (κ2) is 3.62. The third-order valence-corrected chi connectivity index (χ3v) is 2.88. The van der Waals surface area contributed by atoms with E-state index in [-0.39, 0.29) is 5.41 Å². The van der Waals surface area contributed by atoms with Crippen LogP contribution < -0.4 is 0 Å². The highest BCUT2D eigenvalue weighted by molar-refractivity contribution is 5.84. The van der Waals surface area contributed by atoms with Crippen molar-refractivity contribution in [3.63, 3.8) is 0 Å². The summed E-state index contributed by atoms with van der Waals surface area (Å²) in [5.74, 6) is 0.393. The average Bonchev–Trinajstić information content (AvgIpc) is 2.58. The van der Waals surface area contributed by atoms with Gasteiger partial charge in [0.25, 0.3) is 0 Å². The molecule has 0 unspecified atom stereocenters. The summed E-state index contributed by atoms with van der Waals surface area (Å²) in [6.45, 7) is 11.0.